The predicted octanol–water partition coefficient (Wildman–Crippen LogP) is 10.7. The number of rotatable bonds is 2. The Morgan fingerprint density at radius 1 is 0.714 bits per heavy atom. The van der Waals surface area contributed by atoms with Crippen LogP contribution in [0.3, 0.4) is 0 Å². The quantitative estimate of drug-likeness (QED) is 0.176. The number of para-hydroxylation sites is 2. The summed E-state index contributed by atoms with van der Waals surface area (Å²) in [5, 5.41) is 1.17. The molecule has 1 fully saturated rings. The molecule has 2 atom stereocenters. The number of nitrogens with zero attached hydrogens (tertiary/aromatic N) is 2. The van der Waals surface area contributed by atoms with Crippen LogP contribution in [0.4, 0.5) is 22.7 Å². The fourth-order valence-corrected chi connectivity index (χ4v) is 10.2. The van der Waals surface area contributed by atoms with Gasteiger partial charge in [0.05, 0.1) is 11.4 Å². The molecule has 0 saturated heterocycles. The Bertz CT molecular complexity index is 2350. The molecule has 4 heteroatoms. The molecule has 0 N–H and O–H groups in total. The van der Waals surface area contributed by atoms with Crippen LogP contribution in [-0.2, 0) is 10.8 Å². The Morgan fingerprint density at radius 3 is 2.31 bits per heavy atom. The van der Waals surface area contributed by atoms with E-state index < -0.39 is 0 Å². The van der Waals surface area contributed by atoms with Crippen molar-refractivity contribution in [1.29, 1.82) is 0 Å². The van der Waals surface area contributed by atoms with E-state index in [0.29, 0.717) is 0 Å². The van der Waals surface area contributed by atoms with Crippen molar-refractivity contribution in [1.82, 2.24) is 0 Å². The Kier molecular flexibility index (Phi) is 5.80. The number of hydrogen-bond acceptors (Lipinski definition) is 3. The van der Waals surface area contributed by atoms with E-state index in [1.54, 1.807) is 0 Å². The number of hydrogen-bond donors (Lipinski definition) is 0. The van der Waals surface area contributed by atoms with E-state index in [1.807, 2.05) is 0 Å². The SMILES string of the molecule is Cc1cc2c3c(c1)N(c1ccc(C(C)(C)C)cc1-c1ccccc1)c1c(oc4ccccc14)B3N1c3c-2cccc3C2(C)CCCCC12C. The van der Waals surface area contributed by atoms with Crippen molar-refractivity contribution in [3.05, 3.63) is 120 Å². The highest BCUT2D eigenvalue weighted by Gasteiger charge is 2.63. The van der Waals surface area contributed by atoms with Gasteiger partial charge in [-0.25, -0.2) is 0 Å². The largest absolute Gasteiger partial charge is 0.466 e. The molecular weight excluding hydrogens is 595 g/mol. The number of furan rings is 1. The van der Waals surface area contributed by atoms with Gasteiger partial charge in [-0.15, -0.1) is 0 Å². The van der Waals surface area contributed by atoms with E-state index in [0.717, 1.165) is 11.2 Å². The lowest BCUT2D eigenvalue weighted by molar-refractivity contribution is 0.199. The van der Waals surface area contributed by atoms with Gasteiger partial charge in [-0.1, -0.05) is 113 Å². The number of benzene rings is 5. The van der Waals surface area contributed by atoms with E-state index in [1.165, 1.54) is 98.2 Å². The first-order valence-electron chi connectivity index (χ1n) is 18.2. The summed E-state index contributed by atoms with van der Waals surface area (Å²) in [4.78, 5) is 5.41. The Balaban J connectivity index is 1.34. The van der Waals surface area contributed by atoms with Gasteiger partial charge in [-0.2, -0.15) is 0 Å². The third-order valence-corrected chi connectivity index (χ3v) is 12.8. The van der Waals surface area contributed by atoms with Crippen molar-refractivity contribution in [3.63, 3.8) is 0 Å². The second kappa shape index (κ2) is 9.72. The van der Waals surface area contributed by atoms with Gasteiger partial charge in [0.15, 0.2) is 0 Å². The molecule has 6 aromatic rings. The molecule has 4 aliphatic rings. The van der Waals surface area contributed by atoms with Crippen LogP contribution >= 0.6 is 0 Å². The van der Waals surface area contributed by atoms with E-state index in [2.05, 4.69) is 154 Å². The summed E-state index contributed by atoms with van der Waals surface area (Å²) in [6.07, 6.45) is 4.93. The zero-order valence-electron chi connectivity index (χ0n) is 29.5. The minimum atomic E-state index is -0.0316. The first-order valence-corrected chi connectivity index (χ1v) is 18.2. The third-order valence-electron chi connectivity index (χ3n) is 12.8. The van der Waals surface area contributed by atoms with Gasteiger partial charge < -0.3 is 14.1 Å². The summed E-state index contributed by atoms with van der Waals surface area (Å²) in [5.74, 6) is 0. The van der Waals surface area contributed by atoms with Crippen LogP contribution in [0.2, 0.25) is 0 Å². The molecule has 1 aromatic heterocycles. The highest BCUT2D eigenvalue weighted by molar-refractivity contribution is 6.92. The Morgan fingerprint density at radius 2 is 1.49 bits per heavy atom. The van der Waals surface area contributed by atoms with E-state index >= 15 is 0 Å². The van der Waals surface area contributed by atoms with Crippen molar-refractivity contribution in [2.24, 2.45) is 0 Å². The summed E-state index contributed by atoms with van der Waals surface area (Å²) in [7, 11) is 0. The molecule has 0 bridgehead atoms. The normalized spacial score (nSPS) is 21.8. The molecule has 2 unspecified atom stereocenters. The minimum absolute atomic E-state index is 0.0168. The maximum Gasteiger partial charge on any atom is 0.371 e. The van der Waals surface area contributed by atoms with Crippen molar-refractivity contribution >= 4 is 51.7 Å². The van der Waals surface area contributed by atoms with Crippen molar-refractivity contribution < 1.29 is 4.42 Å². The van der Waals surface area contributed by atoms with Crippen LogP contribution in [0.15, 0.2) is 108 Å². The van der Waals surface area contributed by atoms with Crippen LogP contribution in [0.25, 0.3) is 33.2 Å². The highest BCUT2D eigenvalue weighted by Crippen LogP contribution is 2.63. The predicted molar refractivity (Wildman–Crippen MR) is 207 cm³/mol. The summed E-state index contributed by atoms with van der Waals surface area (Å²) >= 11 is 0. The van der Waals surface area contributed by atoms with Crippen LogP contribution in [-0.4, -0.2) is 12.4 Å². The number of fused-ring (bicyclic) bond motifs is 9. The lowest BCUT2D eigenvalue weighted by Gasteiger charge is -2.54. The summed E-state index contributed by atoms with van der Waals surface area (Å²) in [6, 6.07) is 38.8. The molecule has 0 spiro atoms. The summed E-state index contributed by atoms with van der Waals surface area (Å²) < 4.78 is 7.19. The number of anilines is 4. The van der Waals surface area contributed by atoms with Gasteiger partial charge in [0.1, 0.15) is 11.2 Å². The summed E-state index contributed by atoms with van der Waals surface area (Å²) in [5.41, 5.74) is 17.8. The molecule has 4 heterocycles. The topological polar surface area (TPSA) is 19.6 Å². The maximum absolute atomic E-state index is 7.19. The minimum Gasteiger partial charge on any atom is -0.466 e. The van der Waals surface area contributed by atoms with Gasteiger partial charge in [0, 0.05) is 38.8 Å². The lowest BCUT2D eigenvalue weighted by Crippen LogP contribution is -2.70. The molecule has 1 saturated carbocycles. The Labute approximate surface area is 290 Å². The van der Waals surface area contributed by atoms with Gasteiger partial charge in [0.2, 0.25) is 0 Å². The van der Waals surface area contributed by atoms with Gasteiger partial charge >= 0.3 is 6.85 Å². The molecule has 0 radical (unpaired) electrons. The van der Waals surface area contributed by atoms with Gasteiger partial charge in [0.25, 0.3) is 0 Å². The first kappa shape index (κ1) is 29.2. The third kappa shape index (κ3) is 3.70. The molecule has 3 nitrogen and oxygen atoms in total. The zero-order valence-corrected chi connectivity index (χ0v) is 29.5. The van der Waals surface area contributed by atoms with Crippen LogP contribution in [0.1, 0.15) is 77.0 Å². The molecule has 10 rings (SSSR count). The molecule has 3 aliphatic heterocycles. The zero-order chi connectivity index (χ0) is 33.4. The lowest BCUT2D eigenvalue weighted by atomic mass is 9.44. The first-order chi connectivity index (χ1) is 23.6. The Hall–Kier alpha value is -4.70. The average molecular weight is 639 g/mol. The van der Waals surface area contributed by atoms with Crippen molar-refractivity contribution in [2.75, 3.05) is 9.71 Å². The maximum atomic E-state index is 7.19. The van der Waals surface area contributed by atoms with Crippen LogP contribution < -0.4 is 20.8 Å². The van der Waals surface area contributed by atoms with E-state index in [9.17, 15) is 0 Å². The fraction of sp³-hybridized carbons (Fsp3) is 0.289. The summed E-state index contributed by atoms with van der Waals surface area (Å²) in [6.45, 7) is 14.3. The molecule has 0 amide bonds. The second-order valence-corrected chi connectivity index (χ2v) is 16.5. The average Bonchev–Trinajstić information content (AvgIpc) is 3.58. The fourth-order valence-electron chi connectivity index (χ4n) is 10.2. The molecule has 5 aromatic carbocycles. The van der Waals surface area contributed by atoms with Crippen LogP contribution in [0.5, 0.6) is 0 Å². The monoisotopic (exact) mass is 638 g/mol. The van der Waals surface area contributed by atoms with Gasteiger partial charge in [-0.05, 0) is 95.7 Å². The molecule has 1 aliphatic carbocycles. The smallest absolute Gasteiger partial charge is 0.371 e. The second-order valence-electron chi connectivity index (χ2n) is 16.5. The highest BCUT2D eigenvalue weighted by atomic mass is 16.3. The number of aryl methyl sites for hydroxylation is 1. The van der Waals surface area contributed by atoms with E-state index in [-0.39, 0.29) is 23.2 Å². The molecule has 242 valence electrons. The standard InChI is InChI=1S/C45H43BN2O/c1-28-25-34-31-18-14-19-35-40(31)48(45(6)24-13-12-23-44(35,45)5)46-39(34)37(26-28)47(41-32-17-10-11-20-38(32)49-42(41)46)36-22-21-30(43(2,3)4)27-33(36)29-15-8-7-9-16-29/h7-11,14-22,25-27H,12-13,23-24H2,1-6H3. The van der Waals surface area contributed by atoms with Gasteiger partial charge in [-0.3, -0.25) is 0 Å². The molecule has 49 heavy (non-hydrogen) atoms. The van der Waals surface area contributed by atoms with Crippen LogP contribution in [0, 0.1) is 6.92 Å². The van der Waals surface area contributed by atoms with Crippen molar-refractivity contribution in [2.45, 2.75) is 83.6 Å². The van der Waals surface area contributed by atoms with Crippen molar-refractivity contribution in [3.8, 4) is 22.3 Å². The van der Waals surface area contributed by atoms with E-state index in [4.69, 9.17) is 4.42 Å². The molecular formula is C45H43BN2O.